The SMILES string of the molecule is CC(CC(=O)NC(C)(C)CCO)CC(C)(C)C. The number of carbonyl (C=O) groups is 1. The first-order chi connectivity index (χ1) is 7.56. The van der Waals surface area contributed by atoms with E-state index in [1.54, 1.807) is 0 Å². The van der Waals surface area contributed by atoms with E-state index in [1.807, 2.05) is 13.8 Å². The molecule has 1 amide bonds. The molecule has 17 heavy (non-hydrogen) atoms. The second-order valence-electron chi connectivity index (χ2n) is 6.98. The molecule has 102 valence electrons. The molecule has 0 saturated heterocycles. The topological polar surface area (TPSA) is 49.3 Å². The third-order valence-electron chi connectivity index (χ3n) is 2.71. The predicted molar refractivity (Wildman–Crippen MR) is 71.8 cm³/mol. The Morgan fingerprint density at radius 3 is 2.18 bits per heavy atom. The van der Waals surface area contributed by atoms with Crippen molar-refractivity contribution in [3.63, 3.8) is 0 Å². The smallest absolute Gasteiger partial charge is 0.220 e. The second-order valence-corrected chi connectivity index (χ2v) is 6.98. The van der Waals surface area contributed by atoms with Crippen molar-refractivity contribution in [2.45, 2.75) is 66.3 Å². The highest BCUT2D eigenvalue weighted by atomic mass is 16.3. The fourth-order valence-corrected chi connectivity index (χ4v) is 2.20. The van der Waals surface area contributed by atoms with Crippen molar-refractivity contribution in [3.8, 4) is 0 Å². The van der Waals surface area contributed by atoms with Gasteiger partial charge in [-0.2, -0.15) is 0 Å². The lowest BCUT2D eigenvalue weighted by Gasteiger charge is -2.27. The van der Waals surface area contributed by atoms with Crippen molar-refractivity contribution in [1.82, 2.24) is 5.32 Å². The first-order valence-electron chi connectivity index (χ1n) is 6.47. The maximum Gasteiger partial charge on any atom is 0.220 e. The number of rotatable bonds is 6. The summed E-state index contributed by atoms with van der Waals surface area (Å²) in [4.78, 5) is 11.8. The summed E-state index contributed by atoms with van der Waals surface area (Å²) in [6, 6.07) is 0. The fraction of sp³-hybridized carbons (Fsp3) is 0.929. The molecule has 0 aromatic rings. The molecule has 0 aliphatic rings. The van der Waals surface area contributed by atoms with Gasteiger partial charge in [0.25, 0.3) is 0 Å². The number of aliphatic hydroxyl groups is 1. The van der Waals surface area contributed by atoms with Crippen molar-refractivity contribution >= 4 is 5.91 Å². The maximum atomic E-state index is 11.8. The van der Waals surface area contributed by atoms with E-state index in [0.29, 0.717) is 18.8 Å². The van der Waals surface area contributed by atoms with E-state index in [2.05, 4.69) is 33.0 Å². The van der Waals surface area contributed by atoms with E-state index in [9.17, 15) is 4.79 Å². The van der Waals surface area contributed by atoms with Crippen LogP contribution in [0, 0.1) is 11.3 Å². The summed E-state index contributed by atoms with van der Waals surface area (Å²) in [6.45, 7) is 12.7. The van der Waals surface area contributed by atoms with E-state index in [0.717, 1.165) is 6.42 Å². The minimum atomic E-state index is -0.312. The number of hydrogen-bond donors (Lipinski definition) is 2. The van der Waals surface area contributed by atoms with Crippen molar-refractivity contribution in [2.24, 2.45) is 11.3 Å². The van der Waals surface area contributed by atoms with Crippen LogP contribution in [0.2, 0.25) is 0 Å². The minimum absolute atomic E-state index is 0.0835. The summed E-state index contributed by atoms with van der Waals surface area (Å²) in [5.74, 6) is 0.472. The average molecular weight is 243 g/mol. The molecule has 3 nitrogen and oxygen atoms in total. The highest BCUT2D eigenvalue weighted by Gasteiger charge is 2.22. The molecule has 1 unspecified atom stereocenters. The van der Waals surface area contributed by atoms with Crippen LogP contribution in [0.15, 0.2) is 0 Å². The number of aliphatic hydroxyl groups excluding tert-OH is 1. The van der Waals surface area contributed by atoms with Crippen molar-refractivity contribution in [1.29, 1.82) is 0 Å². The Morgan fingerprint density at radius 2 is 1.76 bits per heavy atom. The molecule has 0 aliphatic carbocycles. The summed E-state index contributed by atoms with van der Waals surface area (Å²) >= 11 is 0. The third-order valence-corrected chi connectivity index (χ3v) is 2.71. The van der Waals surface area contributed by atoms with Gasteiger partial charge in [0.15, 0.2) is 0 Å². The largest absolute Gasteiger partial charge is 0.396 e. The maximum absolute atomic E-state index is 11.8. The minimum Gasteiger partial charge on any atom is -0.396 e. The van der Waals surface area contributed by atoms with Gasteiger partial charge in [0.1, 0.15) is 0 Å². The summed E-state index contributed by atoms with van der Waals surface area (Å²) in [7, 11) is 0. The van der Waals surface area contributed by atoms with E-state index in [4.69, 9.17) is 5.11 Å². The summed E-state index contributed by atoms with van der Waals surface area (Å²) in [5.41, 5.74) is -0.0480. The normalized spacial score (nSPS) is 14.5. The lowest BCUT2D eigenvalue weighted by molar-refractivity contribution is -0.123. The molecule has 0 heterocycles. The Balaban J connectivity index is 4.10. The lowest BCUT2D eigenvalue weighted by atomic mass is 9.84. The Kier molecular flexibility index (Phi) is 6.17. The molecule has 0 bridgehead atoms. The third kappa shape index (κ3) is 9.16. The van der Waals surface area contributed by atoms with Crippen LogP contribution in [0.25, 0.3) is 0 Å². The van der Waals surface area contributed by atoms with Crippen LogP contribution < -0.4 is 5.32 Å². The highest BCUT2D eigenvalue weighted by molar-refractivity contribution is 5.76. The Labute approximate surface area is 106 Å². The molecule has 0 radical (unpaired) electrons. The second kappa shape index (κ2) is 6.39. The molecule has 1 atom stereocenters. The number of carbonyl (C=O) groups excluding carboxylic acids is 1. The number of hydrogen-bond acceptors (Lipinski definition) is 2. The van der Waals surface area contributed by atoms with Crippen molar-refractivity contribution in [3.05, 3.63) is 0 Å². The molecular weight excluding hydrogens is 214 g/mol. The summed E-state index contributed by atoms with van der Waals surface area (Å²) < 4.78 is 0. The van der Waals surface area contributed by atoms with Gasteiger partial charge in [0, 0.05) is 18.6 Å². The van der Waals surface area contributed by atoms with Crippen LogP contribution in [0.1, 0.15) is 60.8 Å². The van der Waals surface area contributed by atoms with Gasteiger partial charge in [0.2, 0.25) is 5.91 Å². The monoisotopic (exact) mass is 243 g/mol. The molecule has 0 aromatic heterocycles. The van der Waals surface area contributed by atoms with Gasteiger partial charge < -0.3 is 10.4 Å². The first-order valence-corrected chi connectivity index (χ1v) is 6.47. The van der Waals surface area contributed by atoms with E-state index in [1.165, 1.54) is 0 Å². The van der Waals surface area contributed by atoms with Gasteiger partial charge in [-0.25, -0.2) is 0 Å². The predicted octanol–water partition coefficient (Wildman–Crippen LogP) is 2.73. The Bertz CT molecular complexity index is 241. The van der Waals surface area contributed by atoms with Gasteiger partial charge in [-0.15, -0.1) is 0 Å². The van der Waals surface area contributed by atoms with Crippen LogP contribution in [0.3, 0.4) is 0 Å². The van der Waals surface area contributed by atoms with Gasteiger partial charge in [0.05, 0.1) is 0 Å². The van der Waals surface area contributed by atoms with Crippen LogP contribution in [0.5, 0.6) is 0 Å². The molecular formula is C14H29NO2. The van der Waals surface area contributed by atoms with Gasteiger partial charge in [-0.05, 0) is 38.0 Å². The molecule has 0 aromatic carbocycles. The van der Waals surface area contributed by atoms with Gasteiger partial charge in [-0.1, -0.05) is 27.7 Å². The highest BCUT2D eigenvalue weighted by Crippen LogP contribution is 2.26. The molecule has 0 aliphatic heterocycles. The van der Waals surface area contributed by atoms with Gasteiger partial charge >= 0.3 is 0 Å². The molecule has 3 heteroatoms. The van der Waals surface area contributed by atoms with E-state index < -0.39 is 0 Å². The van der Waals surface area contributed by atoms with E-state index >= 15 is 0 Å². The molecule has 0 fully saturated rings. The number of amides is 1. The zero-order valence-corrected chi connectivity index (χ0v) is 12.3. The van der Waals surface area contributed by atoms with E-state index in [-0.39, 0.29) is 23.5 Å². The molecule has 0 saturated carbocycles. The Hall–Kier alpha value is -0.570. The van der Waals surface area contributed by atoms with Crippen LogP contribution in [-0.4, -0.2) is 23.2 Å². The molecule has 0 spiro atoms. The zero-order chi connectivity index (χ0) is 13.7. The first kappa shape index (κ1) is 16.4. The van der Waals surface area contributed by atoms with Gasteiger partial charge in [-0.3, -0.25) is 4.79 Å². The molecule has 2 N–H and O–H groups in total. The molecule has 0 rings (SSSR count). The lowest BCUT2D eigenvalue weighted by Crippen LogP contribution is -2.44. The summed E-state index contributed by atoms with van der Waals surface area (Å²) in [6.07, 6.45) is 2.19. The van der Waals surface area contributed by atoms with Crippen LogP contribution in [0.4, 0.5) is 0 Å². The quantitative estimate of drug-likeness (QED) is 0.753. The zero-order valence-electron chi connectivity index (χ0n) is 12.3. The average Bonchev–Trinajstić information content (AvgIpc) is 1.96. The fourth-order valence-electron chi connectivity index (χ4n) is 2.20. The van der Waals surface area contributed by atoms with Crippen LogP contribution >= 0.6 is 0 Å². The summed E-state index contributed by atoms with van der Waals surface area (Å²) in [5, 5.41) is 11.9. The van der Waals surface area contributed by atoms with Crippen molar-refractivity contribution < 1.29 is 9.90 Å². The van der Waals surface area contributed by atoms with Crippen molar-refractivity contribution in [2.75, 3.05) is 6.61 Å². The number of nitrogens with one attached hydrogen (secondary N) is 1. The van der Waals surface area contributed by atoms with Crippen LogP contribution in [-0.2, 0) is 4.79 Å². The standard InChI is InChI=1S/C14H29NO2/c1-11(10-13(2,3)4)9-12(17)15-14(5,6)7-8-16/h11,16H,7-10H2,1-6H3,(H,15,17). The Morgan fingerprint density at radius 1 is 1.24 bits per heavy atom.